The Bertz CT molecular complexity index is 906. The van der Waals surface area contributed by atoms with Gasteiger partial charge in [-0.1, -0.05) is 42.5 Å². The molecule has 0 radical (unpaired) electrons. The number of ether oxygens (including phenoxy) is 4. The van der Waals surface area contributed by atoms with Gasteiger partial charge in [-0.05, 0) is 56.2 Å². The molecular weight excluding hydrogens is 478 g/mol. The van der Waals surface area contributed by atoms with Crippen molar-refractivity contribution in [3.8, 4) is 5.75 Å². The fraction of sp³-hybridized carbons (Fsp3) is 0.643. The van der Waals surface area contributed by atoms with Crippen molar-refractivity contribution in [2.75, 3.05) is 20.0 Å². The quantitative estimate of drug-likeness (QED) is 0.358. The van der Waals surface area contributed by atoms with E-state index in [1.54, 1.807) is 14.2 Å². The summed E-state index contributed by atoms with van der Waals surface area (Å²) >= 11 is 1.29. The second kappa shape index (κ2) is 13.0. The van der Waals surface area contributed by atoms with Crippen molar-refractivity contribution in [1.29, 1.82) is 0 Å². The maximum atomic E-state index is 13.0. The Morgan fingerprint density at radius 1 is 1.03 bits per heavy atom. The van der Waals surface area contributed by atoms with Crippen LogP contribution in [0.3, 0.4) is 0 Å². The van der Waals surface area contributed by atoms with Crippen LogP contribution in [0.25, 0.3) is 0 Å². The zero-order chi connectivity index (χ0) is 25.4. The van der Waals surface area contributed by atoms with Gasteiger partial charge in [0.05, 0.1) is 19.3 Å². The van der Waals surface area contributed by atoms with Crippen molar-refractivity contribution < 1.29 is 28.5 Å². The zero-order valence-electron chi connectivity index (χ0n) is 21.5. The molecule has 1 aromatic rings. The predicted molar refractivity (Wildman–Crippen MR) is 140 cm³/mol. The first-order chi connectivity index (χ1) is 17.5. The lowest BCUT2D eigenvalue weighted by molar-refractivity contribution is -0.306. The Morgan fingerprint density at radius 2 is 1.81 bits per heavy atom. The van der Waals surface area contributed by atoms with E-state index in [4.69, 9.17) is 18.9 Å². The molecule has 4 rings (SSSR count). The highest BCUT2D eigenvalue weighted by Crippen LogP contribution is 2.43. The topological polar surface area (TPSA) is 74.3 Å². The van der Waals surface area contributed by atoms with Crippen LogP contribution in [0.1, 0.15) is 69.8 Å². The lowest BCUT2D eigenvalue weighted by Crippen LogP contribution is -2.60. The number of benzene rings is 1. The highest BCUT2D eigenvalue weighted by Gasteiger charge is 2.54. The van der Waals surface area contributed by atoms with Crippen molar-refractivity contribution in [3.05, 3.63) is 42.0 Å². The van der Waals surface area contributed by atoms with E-state index >= 15 is 0 Å². The summed E-state index contributed by atoms with van der Waals surface area (Å²) < 4.78 is 24.1. The van der Waals surface area contributed by atoms with Crippen LogP contribution < -0.4 is 4.74 Å². The first kappa shape index (κ1) is 27.0. The molecule has 2 fully saturated rings. The molecule has 3 aliphatic rings. The van der Waals surface area contributed by atoms with Gasteiger partial charge in [0.2, 0.25) is 0 Å². The summed E-state index contributed by atoms with van der Waals surface area (Å²) in [4.78, 5) is 27.5. The summed E-state index contributed by atoms with van der Waals surface area (Å²) in [5.74, 6) is 0.171. The molecule has 0 spiro atoms. The number of esters is 1. The Kier molecular flexibility index (Phi) is 9.73. The third kappa shape index (κ3) is 6.84. The number of carbonyl (C=O) groups excluding carboxylic acids is 2. The van der Waals surface area contributed by atoms with Crippen molar-refractivity contribution in [3.63, 3.8) is 0 Å². The van der Waals surface area contributed by atoms with Gasteiger partial charge in [0, 0.05) is 38.7 Å². The smallest absolute Gasteiger partial charge is 0.306 e. The van der Waals surface area contributed by atoms with E-state index in [2.05, 4.69) is 12.2 Å². The Labute approximate surface area is 218 Å². The van der Waals surface area contributed by atoms with Gasteiger partial charge in [-0.2, -0.15) is 0 Å². The van der Waals surface area contributed by atoms with Gasteiger partial charge in [-0.3, -0.25) is 9.59 Å². The van der Waals surface area contributed by atoms with E-state index in [0.717, 1.165) is 56.3 Å². The number of nitrogens with zero attached hydrogens (tertiary/aromatic N) is 1. The van der Waals surface area contributed by atoms with Crippen LogP contribution in [0.4, 0.5) is 4.79 Å². The molecule has 1 aromatic carbocycles. The number of hydrogen-bond donors (Lipinski definition) is 0. The summed E-state index contributed by atoms with van der Waals surface area (Å²) in [5.41, 5.74) is 1.01. The lowest BCUT2D eigenvalue weighted by Gasteiger charge is -2.48. The predicted octanol–water partition coefficient (Wildman–Crippen LogP) is 5.86. The van der Waals surface area contributed by atoms with Crippen molar-refractivity contribution in [2.45, 2.75) is 94.8 Å². The maximum absolute atomic E-state index is 13.0. The first-order valence-corrected chi connectivity index (χ1v) is 14.2. The van der Waals surface area contributed by atoms with Crippen molar-refractivity contribution in [1.82, 2.24) is 4.90 Å². The summed E-state index contributed by atoms with van der Waals surface area (Å²) in [6, 6.07) is 7.46. The minimum absolute atomic E-state index is 0.00930. The van der Waals surface area contributed by atoms with Gasteiger partial charge in [-0.15, -0.1) is 0 Å². The summed E-state index contributed by atoms with van der Waals surface area (Å²) in [5, 5.41) is 0.00930. The van der Waals surface area contributed by atoms with E-state index in [9.17, 15) is 9.59 Å². The fourth-order valence-electron chi connectivity index (χ4n) is 5.39. The largest absolute Gasteiger partial charge is 0.497 e. The van der Waals surface area contributed by atoms with Crippen LogP contribution in [-0.4, -0.2) is 60.1 Å². The van der Waals surface area contributed by atoms with Gasteiger partial charge < -0.3 is 23.8 Å². The second-order valence-corrected chi connectivity index (χ2v) is 10.8. The van der Waals surface area contributed by atoms with E-state index in [-0.39, 0.29) is 29.5 Å². The molecule has 0 aliphatic carbocycles. The lowest BCUT2D eigenvalue weighted by atomic mass is 9.90. The number of amides is 1. The number of fused-ring (bicyclic) bond motifs is 2. The third-order valence-electron chi connectivity index (χ3n) is 7.36. The maximum Gasteiger partial charge on any atom is 0.306 e. The number of thioether (sulfide) groups is 1. The normalized spacial score (nSPS) is 30.4. The number of methoxy groups -OCH3 is 2. The van der Waals surface area contributed by atoms with Gasteiger partial charge in [0.1, 0.15) is 11.9 Å². The zero-order valence-corrected chi connectivity index (χ0v) is 22.3. The van der Waals surface area contributed by atoms with Gasteiger partial charge in [0.15, 0.2) is 5.79 Å². The fourth-order valence-corrected chi connectivity index (χ4v) is 6.48. The molecule has 7 nitrogen and oxygen atoms in total. The third-order valence-corrected chi connectivity index (χ3v) is 8.32. The van der Waals surface area contributed by atoms with Crippen LogP contribution in [0.15, 0.2) is 36.4 Å². The molecule has 4 atom stereocenters. The molecule has 8 heteroatoms. The summed E-state index contributed by atoms with van der Waals surface area (Å²) in [6.07, 6.45) is 12.5. The van der Waals surface area contributed by atoms with Gasteiger partial charge in [-0.25, -0.2) is 0 Å². The highest BCUT2D eigenvalue weighted by molar-refractivity contribution is 8.13. The molecule has 2 bridgehead atoms. The Balaban J connectivity index is 1.54. The molecule has 2 saturated heterocycles. The minimum atomic E-state index is -1.02. The van der Waals surface area contributed by atoms with Crippen LogP contribution >= 0.6 is 11.8 Å². The first-order valence-electron chi connectivity index (χ1n) is 13.2. The molecule has 3 aliphatic heterocycles. The van der Waals surface area contributed by atoms with Gasteiger partial charge >= 0.3 is 5.97 Å². The van der Waals surface area contributed by atoms with Crippen LogP contribution in [0, 0.1) is 0 Å². The number of carbonyl (C=O) groups is 2. The molecule has 0 saturated carbocycles. The monoisotopic (exact) mass is 517 g/mol. The molecule has 198 valence electrons. The van der Waals surface area contributed by atoms with Gasteiger partial charge in [0.25, 0.3) is 5.24 Å². The average Bonchev–Trinajstić information content (AvgIpc) is 3.25. The van der Waals surface area contributed by atoms with Crippen molar-refractivity contribution in [2.24, 2.45) is 0 Å². The molecule has 1 amide bonds. The molecule has 0 N–H and O–H groups in total. The van der Waals surface area contributed by atoms with Crippen LogP contribution in [0.5, 0.6) is 5.75 Å². The summed E-state index contributed by atoms with van der Waals surface area (Å²) in [6.45, 7) is 0.453. The van der Waals surface area contributed by atoms with Crippen LogP contribution in [0.2, 0.25) is 0 Å². The van der Waals surface area contributed by atoms with E-state index < -0.39 is 5.79 Å². The van der Waals surface area contributed by atoms with E-state index in [0.29, 0.717) is 31.6 Å². The number of rotatable bonds is 5. The Morgan fingerprint density at radius 3 is 2.56 bits per heavy atom. The second-order valence-electron chi connectivity index (χ2n) is 9.88. The standard InChI is InChI=1S/C28H39NO6S/c1-32-22-15-13-21(14-16-22)19-29-25(20-36-27(29)31)28(33-2)18-24-17-23(35-28)11-9-7-5-3-4-6-8-10-12-26(30)34-24/h3,5,13-16,23-25H,4,6-12,17-20H2,1-2H3/t23-,24?,25+,28-/m1/s1. The number of allylic oxidation sites excluding steroid dienone is 2. The van der Waals surface area contributed by atoms with Crippen molar-refractivity contribution >= 4 is 23.0 Å². The Hall–Kier alpha value is -2.03. The molecule has 3 heterocycles. The van der Waals surface area contributed by atoms with E-state index in [1.807, 2.05) is 29.2 Å². The molecule has 1 unspecified atom stereocenters. The average molecular weight is 518 g/mol. The molecule has 36 heavy (non-hydrogen) atoms. The minimum Gasteiger partial charge on any atom is -0.497 e. The SMILES string of the molecule is COc1ccc(CN2C(=O)SC[C@H]2[C@@]2(OC)CC3C[C@@H](CCCC=CCCCCCC(=O)O3)O2)cc1. The highest BCUT2D eigenvalue weighted by atomic mass is 32.2. The molecular formula is C28H39NO6S. The number of hydrogen-bond acceptors (Lipinski definition) is 7. The van der Waals surface area contributed by atoms with Crippen LogP contribution in [-0.2, 0) is 25.5 Å². The molecule has 0 aromatic heterocycles. The van der Waals surface area contributed by atoms with E-state index in [1.165, 1.54) is 11.8 Å². The summed E-state index contributed by atoms with van der Waals surface area (Å²) in [7, 11) is 3.28.